The second-order valence-corrected chi connectivity index (χ2v) is 10.9. The molecule has 1 amide bonds. The summed E-state index contributed by atoms with van der Waals surface area (Å²) in [4.78, 5) is 26.4. The Kier molecular flexibility index (Phi) is 8.30. The average Bonchev–Trinajstić information content (AvgIpc) is 2.59. The molecule has 0 saturated heterocycles. The zero-order valence-corrected chi connectivity index (χ0v) is 19.7. The van der Waals surface area contributed by atoms with Crippen LogP contribution in [0.15, 0.2) is 17.0 Å². The van der Waals surface area contributed by atoms with Crippen LogP contribution in [0.5, 0.6) is 0 Å². The third kappa shape index (κ3) is 6.14. The molecule has 1 fully saturated rings. The van der Waals surface area contributed by atoms with Crippen LogP contribution >= 0.6 is 35.0 Å². The van der Waals surface area contributed by atoms with Crippen LogP contribution in [-0.4, -0.2) is 11.0 Å². The lowest BCUT2D eigenvalue weighted by Crippen LogP contribution is -2.34. The summed E-state index contributed by atoms with van der Waals surface area (Å²) in [7, 11) is 0. The van der Waals surface area contributed by atoms with Crippen LogP contribution in [0.3, 0.4) is 0 Å². The number of anilines is 1. The maximum Gasteiger partial charge on any atom is 0.228 e. The molecular weight excluding hydrogens is 413 g/mol. The Balaban J connectivity index is 2.28. The Morgan fingerprint density at radius 3 is 2.18 bits per heavy atom. The number of hydrogen-bond acceptors (Lipinski definition) is 3. The average molecular weight is 444 g/mol. The third-order valence-electron chi connectivity index (χ3n) is 5.27. The Morgan fingerprint density at radius 1 is 1.07 bits per heavy atom. The van der Waals surface area contributed by atoms with E-state index in [-0.39, 0.29) is 22.9 Å². The summed E-state index contributed by atoms with van der Waals surface area (Å²) in [5.74, 6) is 0.610. The maximum atomic E-state index is 13.2. The predicted molar refractivity (Wildman–Crippen MR) is 120 cm³/mol. The highest BCUT2D eigenvalue weighted by molar-refractivity contribution is 8.13. The summed E-state index contributed by atoms with van der Waals surface area (Å²) in [5.41, 5.74) is 0.0594. The minimum Gasteiger partial charge on any atom is -0.325 e. The molecule has 1 aliphatic rings. The van der Waals surface area contributed by atoms with Gasteiger partial charge in [-0.25, -0.2) is 0 Å². The van der Waals surface area contributed by atoms with E-state index in [4.69, 9.17) is 23.2 Å². The standard InChI is InChI=1S/C22H31Cl2NO2S/c1-13(2)19(14-9-7-6-8-10-14)20(26)25-17-11-15(23)16(24)12-18(17)28-21(27)22(3,4)5/h11-14,19H,6-10H2,1-5H3,(H,25,26). The minimum absolute atomic E-state index is 0.00495. The number of benzene rings is 1. The molecule has 0 radical (unpaired) electrons. The summed E-state index contributed by atoms with van der Waals surface area (Å²) >= 11 is 13.5. The van der Waals surface area contributed by atoms with E-state index in [0.29, 0.717) is 26.5 Å². The Hall–Kier alpha value is -0.710. The van der Waals surface area contributed by atoms with Crippen LogP contribution < -0.4 is 5.32 Å². The molecule has 1 saturated carbocycles. The smallest absolute Gasteiger partial charge is 0.228 e. The summed E-state index contributed by atoms with van der Waals surface area (Å²) in [5, 5.41) is 3.80. The second kappa shape index (κ2) is 9.86. The Labute approximate surface area is 183 Å². The largest absolute Gasteiger partial charge is 0.325 e. The van der Waals surface area contributed by atoms with Crippen molar-refractivity contribution in [3.63, 3.8) is 0 Å². The van der Waals surface area contributed by atoms with E-state index in [1.807, 2.05) is 20.8 Å². The minimum atomic E-state index is -0.499. The molecular formula is C22H31Cl2NO2S. The molecule has 0 bridgehead atoms. The van der Waals surface area contributed by atoms with Crippen LogP contribution in [0.1, 0.15) is 66.7 Å². The zero-order valence-electron chi connectivity index (χ0n) is 17.4. The van der Waals surface area contributed by atoms with Crippen LogP contribution in [0.4, 0.5) is 5.69 Å². The van der Waals surface area contributed by atoms with Gasteiger partial charge in [0.05, 0.1) is 15.7 Å². The molecule has 0 spiro atoms. The van der Waals surface area contributed by atoms with E-state index in [9.17, 15) is 9.59 Å². The van der Waals surface area contributed by atoms with Gasteiger partial charge in [0.2, 0.25) is 5.91 Å². The van der Waals surface area contributed by atoms with Crippen molar-refractivity contribution in [1.82, 2.24) is 0 Å². The molecule has 1 atom stereocenters. The lowest BCUT2D eigenvalue weighted by atomic mass is 9.74. The van der Waals surface area contributed by atoms with Gasteiger partial charge in [-0.1, -0.05) is 77.1 Å². The van der Waals surface area contributed by atoms with Gasteiger partial charge in [-0.05, 0) is 48.6 Å². The fourth-order valence-corrected chi connectivity index (χ4v) is 5.03. The fraction of sp³-hybridized carbons (Fsp3) is 0.636. The molecule has 156 valence electrons. The molecule has 1 aliphatic carbocycles. The van der Waals surface area contributed by atoms with E-state index in [1.165, 1.54) is 19.3 Å². The number of thioether (sulfide) groups is 1. The number of halogens is 2. The van der Waals surface area contributed by atoms with E-state index >= 15 is 0 Å². The normalized spacial score (nSPS) is 16.9. The summed E-state index contributed by atoms with van der Waals surface area (Å²) < 4.78 is 0. The van der Waals surface area contributed by atoms with Crippen LogP contribution in [0.25, 0.3) is 0 Å². The van der Waals surface area contributed by atoms with Crippen molar-refractivity contribution in [2.24, 2.45) is 23.2 Å². The molecule has 3 nitrogen and oxygen atoms in total. The van der Waals surface area contributed by atoms with Gasteiger partial charge in [-0.3, -0.25) is 9.59 Å². The van der Waals surface area contributed by atoms with Gasteiger partial charge >= 0.3 is 0 Å². The quantitative estimate of drug-likeness (QED) is 0.480. The van der Waals surface area contributed by atoms with E-state index in [2.05, 4.69) is 19.2 Å². The van der Waals surface area contributed by atoms with Crippen LogP contribution in [0, 0.1) is 23.2 Å². The van der Waals surface area contributed by atoms with E-state index < -0.39 is 5.41 Å². The highest BCUT2D eigenvalue weighted by Gasteiger charge is 2.33. The molecule has 6 heteroatoms. The summed E-state index contributed by atoms with van der Waals surface area (Å²) in [6.45, 7) is 9.82. The summed E-state index contributed by atoms with van der Waals surface area (Å²) in [6, 6.07) is 3.32. The molecule has 1 unspecified atom stereocenters. The fourth-order valence-electron chi connectivity index (χ4n) is 3.73. The summed E-state index contributed by atoms with van der Waals surface area (Å²) in [6.07, 6.45) is 5.83. The molecule has 0 aromatic heterocycles. The van der Waals surface area contributed by atoms with Crippen molar-refractivity contribution in [2.45, 2.75) is 71.6 Å². The Bertz CT molecular complexity index is 722. The first kappa shape index (κ1) is 23.6. The predicted octanol–water partition coefficient (Wildman–Crippen LogP) is 7.45. The van der Waals surface area contributed by atoms with Gasteiger partial charge in [-0.2, -0.15) is 0 Å². The molecule has 1 aromatic carbocycles. The third-order valence-corrected chi connectivity index (χ3v) is 7.35. The molecule has 1 aromatic rings. The zero-order chi connectivity index (χ0) is 21.1. The number of carbonyl (C=O) groups is 2. The highest BCUT2D eigenvalue weighted by atomic mass is 35.5. The monoisotopic (exact) mass is 443 g/mol. The van der Waals surface area contributed by atoms with Gasteiger partial charge in [0.15, 0.2) is 5.12 Å². The van der Waals surface area contributed by atoms with Crippen molar-refractivity contribution < 1.29 is 9.59 Å². The molecule has 1 N–H and O–H groups in total. The molecule has 0 aliphatic heterocycles. The highest BCUT2D eigenvalue weighted by Crippen LogP contribution is 2.40. The van der Waals surface area contributed by atoms with Crippen LogP contribution in [-0.2, 0) is 9.59 Å². The first-order valence-corrected chi connectivity index (χ1v) is 11.6. The van der Waals surface area contributed by atoms with Gasteiger partial charge in [-0.15, -0.1) is 0 Å². The van der Waals surface area contributed by atoms with Crippen molar-refractivity contribution >= 4 is 51.7 Å². The van der Waals surface area contributed by atoms with Gasteiger partial charge in [0, 0.05) is 16.2 Å². The Morgan fingerprint density at radius 2 is 1.64 bits per heavy atom. The van der Waals surface area contributed by atoms with E-state index in [1.54, 1.807) is 12.1 Å². The topological polar surface area (TPSA) is 46.2 Å². The molecule has 0 heterocycles. The molecule has 28 heavy (non-hydrogen) atoms. The van der Waals surface area contributed by atoms with Gasteiger partial charge in [0.1, 0.15) is 0 Å². The molecule has 2 rings (SSSR count). The maximum absolute atomic E-state index is 13.2. The number of amides is 1. The van der Waals surface area contributed by atoms with Gasteiger partial charge < -0.3 is 5.32 Å². The second-order valence-electron chi connectivity index (χ2n) is 9.06. The van der Waals surface area contributed by atoms with Crippen molar-refractivity contribution in [3.8, 4) is 0 Å². The number of hydrogen-bond donors (Lipinski definition) is 1. The van der Waals surface area contributed by atoms with Crippen molar-refractivity contribution in [1.29, 1.82) is 0 Å². The van der Waals surface area contributed by atoms with E-state index in [0.717, 1.165) is 24.6 Å². The lowest BCUT2D eigenvalue weighted by Gasteiger charge is -2.32. The first-order valence-electron chi connectivity index (χ1n) is 10.0. The van der Waals surface area contributed by atoms with Crippen LogP contribution in [0.2, 0.25) is 10.0 Å². The van der Waals surface area contributed by atoms with Crippen molar-refractivity contribution in [2.75, 3.05) is 5.32 Å². The van der Waals surface area contributed by atoms with Gasteiger partial charge in [0.25, 0.3) is 0 Å². The number of nitrogens with one attached hydrogen (secondary N) is 1. The first-order chi connectivity index (χ1) is 13.0. The SMILES string of the molecule is CC(C)C(C(=O)Nc1cc(Cl)c(Cl)cc1SC(=O)C(C)(C)C)C1CCCCC1. The van der Waals surface area contributed by atoms with Crippen molar-refractivity contribution in [3.05, 3.63) is 22.2 Å². The lowest BCUT2D eigenvalue weighted by molar-refractivity contribution is -0.123. The number of carbonyl (C=O) groups excluding carboxylic acids is 2. The number of rotatable bonds is 5.